The van der Waals surface area contributed by atoms with Gasteiger partial charge in [0.25, 0.3) is 0 Å². The van der Waals surface area contributed by atoms with Crippen molar-refractivity contribution < 1.29 is 14.3 Å². The maximum atomic E-state index is 11.1. The summed E-state index contributed by atoms with van der Waals surface area (Å²) in [6.45, 7) is 5.34. The average molecular weight is 186 g/mol. The fraction of sp³-hybridized carbons (Fsp3) is 0.900. The molecule has 1 aliphatic rings. The van der Waals surface area contributed by atoms with Crippen LogP contribution >= 0.6 is 0 Å². The number of carbonyl (C=O) groups excluding carboxylic acids is 1. The van der Waals surface area contributed by atoms with Crippen molar-refractivity contribution in [3.05, 3.63) is 0 Å². The molecule has 0 unspecified atom stereocenters. The molecule has 0 radical (unpaired) electrons. The highest BCUT2D eigenvalue weighted by Gasteiger charge is 2.28. The Morgan fingerprint density at radius 1 is 1.38 bits per heavy atom. The van der Waals surface area contributed by atoms with Crippen LogP contribution in [0.15, 0.2) is 0 Å². The van der Waals surface area contributed by atoms with Gasteiger partial charge in [-0.25, -0.2) is 0 Å². The van der Waals surface area contributed by atoms with Gasteiger partial charge in [-0.05, 0) is 26.7 Å². The summed E-state index contributed by atoms with van der Waals surface area (Å²) in [7, 11) is 0. The number of carbonyl (C=O) groups is 1. The molecule has 0 aromatic carbocycles. The Balaban J connectivity index is 1.86. The first-order chi connectivity index (χ1) is 6.20. The number of rotatable bonds is 7. The van der Waals surface area contributed by atoms with Crippen molar-refractivity contribution in [3.63, 3.8) is 0 Å². The Bertz CT molecular complexity index is 162. The van der Waals surface area contributed by atoms with Crippen LogP contribution in [0.3, 0.4) is 0 Å². The van der Waals surface area contributed by atoms with E-state index >= 15 is 0 Å². The lowest BCUT2D eigenvalue weighted by Gasteiger charge is -2.07. The fourth-order valence-corrected chi connectivity index (χ4v) is 1.04. The highest BCUT2D eigenvalue weighted by atomic mass is 16.5. The number of ether oxygens (including phenoxy) is 2. The van der Waals surface area contributed by atoms with Crippen molar-refractivity contribution in [3.8, 4) is 0 Å². The second kappa shape index (κ2) is 5.35. The van der Waals surface area contributed by atoms with Crippen LogP contribution < -0.4 is 0 Å². The van der Waals surface area contributed by atoms with E-state index in [0.717, 1.165) is 12.8 Å². The largest absolute Gasteiger partial charge is 0.376 e. The van der Waals surface area contributed by atoms with Gasteiger partial charge < -0.3 is 9.47 Å². The molecule has 1 rings (SSSR count). The van der Waals surface area contributed by atoms with Crippen LogP contribution in [-0.2, 0) is 14.3 Å². The second-order valence-corrected chi connectivity index (χ2v) is 3.71. The molecule has 0 aromatic rings. The number of Topliss-reactive ketones (excluding diaryl/α,β-unsaturated/α-hetero) is 1. The number of hydrogen-bond acceptors (Lipinski definition) is 3. The molecule has 3 heteroatoms. The van der Waals surface area contributed by atoms with Gasteiger partial charge in [0.2, 0.25) is 0 Å². The SMILES string of the molecule is CC(C)OCCOCC(=O)C1CC1. The molecule has 0 aromatic heterocycles. The zero-order valence-electron chi connectivity index (χ0n) is 8.41. The first-order valence-electron chi connectivity index (χ1n) is 4.92. The molecule has 0 atom stereocenters. The third kappa shape index (κ3) is 5.01. The summed E-state index contributed by atoms with van der Waals surface area (Å²) in [4.78, 5) is 11.1. The lowest BCUT2D eigenvalue weighted by Crippen LogP contribution is -2.15. The van der Waals surface area contributed by atoms with Crippen molar-refractivity contribution >= 4 is 5.78 Å². The van der Waals surface area contributed by atoms with E-state index in [2.05, 4.69) is 0 Å². The monoisotopic (exact) mass is 186 g/mol. The van der Waals surface area contributed by atoms with E-state index in [1.807, 2.05) is 13.8 Å². The highest BCUT2D eigenvalue weighted by Crippen LogP contribution is 2.29. The third-order valence-corrected chi connectivity index (χ3v) is 1.96. The van der Waals surface area contributed by atoms with Gasteiger partial charge in [0, 0.05) is 5.92 Å². The third-order valence-electron chi connectivity index (χ3n) is 1.96. The van der Waals surface area contributed by atoms with E-state index in [9.17, 15) is 4.79 Å². The maximum Gasteiger partial charge on any atom is 0.161 e. The molecule has 0 amide bonds. The Kier molecular flexibility index (Phi) is 4.39. The zero-order valence-corrected chi connectivity index (χ0v) is 8.41. The van der Waals surface area contributed by atoms with Crippen molar-refractivity contribution in [2.24, 2.45) is 5.92 Å². The van der Waals surface area contributed by atoms with E-state index in [-0.39, 0.29) is 18.5 Å². The van der Waals surface area contributed by atoms with Crippen molar-refractivity contribution in [2.75, 3.05) is 19.8 Å². The molecule has 0 saturated heterocycles. The molecule has 1 saturated carbocycles. The molecule has 0 heterocycles. The summed E-state index contributed by atoms with van der Waals surface area (Å²) < 4.78 is 10.4. The summed E-state index contributed by atoms with van der Waals surface area (Å²) in [6, 6.07) is 0. The fourth-order valence-electron chi connectivity index (χ4n) is 1.04. The van der Waals surface area contributed by atoms with Crippen LogP contribution in [0.1, 0.15) is 26.7 Å². The van der Waals surface area contributed by atoms with Crippen LogP contribution in [0.5, 0.6) is 0 Å². The number of ketones is 1. The lowest BCUT2D eigenvalue weighted by molar-refractivity contribution is -0.125. The molecule has 1 aliphatic carbocycles. The van der Waals surface area contributed by atoms with Crippen molar-refractivity contribution in [1.82, 2.24) is 0 Å². The van der Waals surface area contributed by atoms with E-state index < -0.39 is 0 Å². The summed E-state index contributed by atoms with van der Waals surface area (Å²) in [5.74, 6) is 0.565. The molecule has 0 spiro atoms. The first-order valence-corrected chi connectivity index (χ1v) is 4.92. The topological polar surface area (TPSA) is 35.5 Å². The van der Waals surface area contributed by atoms with Gasteiger partial charge >= 0.3 is 0 Å². The van der Waals surface area contributed by atoms with Gasteiger partial charge in [-0.1, -0.05) is 0 Å². The van der Waals surface area contributed by atoms with Crippen LogP contribution in [0.25, 0.3) is 0 Å². The Morgan fingerprint density at radius 2 is 2.08 bits per heavy atom. The Hall–Kier alpha value is -0.410. The normalized spacial score (nSPS) is 16.5. The molecular weight excluding hydrogens is 168 g/mol. The molecule has 3 nitrogen and oxygen atoms in total. The minimum absolute atomic E-state index is 0.239. The minimum Gasteiger partial charge on any atom is -0.376 e. The van der Waals surface area contributed by atoms with Crippen LogP contribution in [0, 0.1) is 5.92 Å². The predicted octanol–water partition coefficient (Wildman–Crippen LogP) is 1.41. The Morgan fingerprint density at radius 3 is 2.62 bits per heavy atom. The highest BCUT2D eigenvalue weighted by molar-refractivity contribution is 5.84. The van der Waals surface area contributed by atoms with Gasteiger partial charge in [0.15, 0.2) is 5.78 Å². The van der Waals surface area contributed by atoms with Gasteiger partial charge in [0.1, 0.15) is 6.61 Å². The smallest absolute Gasteiger partial charge is 0.161 e. The molecule has 76 valence electrons. The second-order valence-electron chi connectivity index (χ2n) is 3.71. The number of hydrogen-bond donors (Lipinski definition) is 0. The summed E-state index contributed by atoms with van der Waals surface area (Å²) in [5, 5.41) is 0. The van der Waals surface area contributed by atoms with Crippen LogP contribution in [0.2, 0.25) is 0 Å². The van der Waals surface area contributed by atoms with Crippen LogP contribution in [-0.4, -0.2) is 31.7 Å². The van der Waals surface area contributed by atoms with Crippen molar-refractivity contribution in [2.45, 2.75) is 32.8 Å². The van der Waals surface area contributed by atoms with Gasteiger partial charge in [-0.2, -0.15) is 0 Å². The van der Waals surface area contributed by atoms with Gasteiger partial charge in [0.05, 0.1) is 19.3 Å². The van der Waals surface area contributed by atoms with E-state index in [1.165, 1.54) is 0 Å². The molecule has 0 bridgehead atoms. The van der Waals surface area contributed by atoms with Crippen molar-refractivity contribution in [1.29, 1.82) is 0 Å². The first kappa shape index (κ1) is 10.7. The molecule has 0 N–H and O–H groups in total. The standard InChI is InChI=1S/C10H18O3/c1-8(2)13-6-5-12-7-10(11)9-3-4-9/h8-9H,3-7H2,1-2H3. The quantitative estimate of drug-likeness (QED) is 0.564. The molecular formula is C10H18O3. The summed E-state index contributed by atoms with van der Waals surface area (Å²) in [6.07, 6.45) is 2.36. The van der Waals surface area contributed by atoms with E-state index in [0.29, 0.717) is 19.1 Å². The average Bonchev–Trinajstić information content (AvgIpc) is 2.85. The minimum atomic E-state index is 0.239. The predicted molar refractivity (Wildman–Crippen MR) is 49.6 cm³/mol. The molecule has 13 heavy (non-hydrogen) atoms. The molecule has 1 fully saturated rings. The van der Waals surface area contributed by atoms with Gasteiger partial charge in [-0.3, -0.25) is 4.79 Å². The van der Waals surface area contributed by atoms with Crippen LogP contribution in [0.4, 0.5) is 0 Å². The van der Waals surface area contributed by atoms with E-state index in [4.69, 9.17) is 9.47 Å². The zero-order chi connectivity index (χ0) is 9.68. The Labute approximate surface area is 79.4 Å². The lowest BCUT2D eigenvalue weighted by atomic mass is 10.3. The summed E-state index contributed by atoms with van der Waals surface area (Å²) in [5.41, 5.74) is 0. The molecule has 0 aliphatic heterocycles. The summed E-state index contributed by atoms with van der Waals surface area (Å²) >= 11 is 0. The maximum absolute atomic E-state index is 11.1. The van der Waals surface area contributed by atoms with Gasteiger partial charge in [-0.15, -0.1) is 0 Å². The van der Waals surface area contributed by atoms with E-state index in [1.54, 1.807) is 0 Å².